The lowest BCUT2D eigenvalue weighted by molar-refractivity contribution is -0.138. The quantitative estimate of drug-likeness (QED) is 0.633. The van der Waals surface area contributed by atoms with Gasteiger partial charge in [0.1, 0.15) is 5.75 Å². The van der Waals surface area contributed by atoms with Gasteiger partial charge >= 0.3 is 5.97 Å². The molecule has 0 heterocycles. The first-order valence-electron chi connectivity index (χ1n) is 6.29. The van der Waals surface area contributed by atoms with E-state index in [1.165, 1.54) is 0 Å². The molecule has 0 spiro atoms. The van der Waals surface area contributed by atoms with Gasteiger partial charge in [0.2, 0.25) is 0 Å². The fraction of sp³-hybridized carbons (Fsp3) is 0.400. The van der Waals surface area contributed by atoms with Crippen LogP contribution in [0.25, 0.3) is 0 Å². The summed E-state index contributed by atoms with van der Waals surface area (Å²) in [7, 11) is 1.64. The summed E-state index contributed by atoms with van der Waals surface area (Å²) in [4.78, 5) is 11.5. The zero-order valence-electron chi connectivity index (χ0n) is 11.9. The first kappa shape index (κ1) is 15.1. The number of benzene rings is 1. The Balaban J connectivity index is 2.59. The maximum Gasteiger partial charge on any atom is 0.335 e. The molecule has 0 unspecified atom stereocenters. The number of rotatable bonds is 6. The van der Waals surface area contributed by atoms with Gasteiger partial charge in [-0.2, -0.15) is 0 Å². The van der Waals surface area contributed by atoms with Gasteiger partial charge in [0.15, 0.2) is 0 Å². The van der Waals surface area contributed by atoms with Crippen molar-refractivity contribution in [2.45, 2.75) is 27.3 Å². The Kier molecular flexibility index (Phi) is 5.93. The van der Waals surface area contributed by atoms with Crippen LogP contribution in [0.4, 0.5) is 0 Å². The van der Waals surface area contributed by atoms with E-state index in [1.807, 2.05) is 31.2 Å². The van der Waals surface area contributed by atoms with Crippen LogP contribution in [-0.4, -0.2) is 19.7 Å². The molecule has 1 N–H and O–H groups in total. The van der Waals surface area contributed by atoms with Crippen LogP contribution < -0.4 is 10.1 Å². The van der Waals surface area contributed by atoms with Gasteiger partial charge in [0.05, 0.1) is 19.3 Å². The molecule has 0 aromatic heterocycles. The predicted molar refractivity (Wildman–Crippen MR) is 74.8 cm³/mol. The van der Waals surface area contributed by atoms with Gasteiger partial charge in [0, 0.05) is 12.2 Å². The van der Waals surface area contributed by atoms with Gasteiger partial charge < -0.3 is 14.8 Å². The third-order valence-corrected chi connectivity index (χ3v) is 2.86. The predicted octanol–water partition coefficient (Wildman–Crippen LogP) is 2.64. The van der Waals surface area contributed by atoms with E-state index in [1.54, 1.807) is 21.0 Å². The van der Waals surface area contributed by atoms with Crippen molar-refractivity contribution in [3.05, 3.63) is 41.1 Å². The van der Waals surface area contributed by atoms with Crippen molar-refractivity contribution in [2.75, 3.05) is 13.7 Å². The number of carbonyl (C=O) groups excluding carboxylic acids is 1. The molecular formula is C15H21NO3. The maximum absolute atomic E-state index is 11.5. The molecule has 0 aliphatic rings. The number of hydrogen-bond donors (Lipinski definition) is 1. The first-order chi connectivity index (χ1) is 9.08. The van der Waals surface area contributed by atoms with E-state index >= 15 is 0 Å². The number of nitrogens with one attached hydrogen (secondary N) is 1. The fourth-order valence-electron chi connectivity index (χ4n) is 1.50. The summed E-state index contributed by atoms with van der Waals surface area (Å²) in [6.45, 7) is 6.48. The monoisotopic (exact) mass is 263 g/mol. The lowest BCUT2D eigenvalue weighted by Gasteiger charge is -2.10. The molecule has 0 aliphatic carbocycles. The third-order valence-electron chi connectivity index (χ3n) is 2.86. The standard InChI is InChI=1S/C15H21NO3/c1-5-19-15(17)11(2)12(3)16-10-13-6-8-14(18-4)9-7-13/h6-9,16H,5,10H2,1-4H3/b12-11+. The van der Waals surface area contributed by atoms with Crippen LogP contribution in [0.15, 0.2) is 35.5 Å². The molecule has 1 rings (SSSR count). The van der Waals surface area contributed by atoms with Crippen molar-refractivity contribution in [3.63, 3.8) is 0 Å². The van der Waals surface area contributed by atoms with Crippen molar-refractivity contribution in [2.24, 2.45) is 0 Å². The molecule has 4 nitrogen and oxygen atoms in total. The second-order valence-corrected chi connectivity index (χ2v) is 4.17. The molecule has 0 saturated carbocycles. The summed E-state index contributed by atoms with van der Waals surface area (Å²) in [5, 5.41) is 3.21. The van der Waals surface area contributed by atoms with E-state index in [9.17, 15) is 4.79 Å². The summed E-state index contributed by atoms with van der Waals surface area (Å²) in [5.41, 5.74) is 2.56. The van der Waals surface area contributed by atoms with Gasteiger partial charge in [-0.25, -0.2) is 4.79 Å². The van der Waals surface area contributed by atoms with Crippen LogP contribution in [0.2, 0.25) is 0 Å². The normalized spacial score (nSPS) is 11.6. The molecule has 0 bridgehead atoms. The Bertz CT molecular complexity index is 449. The van der Waals surface area contributed by atoms with Crippen molar-refractivity contribution >= 4 is 5.97 Å². The molecule has 0 atom stereocenters. The van der Waals surface area contributed by atoms with Crippen molar-refractivity contribution in [1.82, 2.24) is 5.32 Å². The lowest BCUT2D eigenvalue weighted by atomic mass is 10.2. The summed E-state index contributed by atoms with van der Waals surface area (Å²) in [5.74, 6) is 0.556. The van der Waals surface area contributed by atoms with Crippen molar-refractivity contribution in [3.8, 4) is 5.75 Å². The Morgan fingerprint density at radius 2 is 1.84 bits per heavy atom. The van der Waals surface area contributed by atoms with E-state index in [0.717, 1.165) is 17.0 Å². The van der Waals surface area contributed by atoms with Gasteiger partial charge in [-0.1, -0.05) is 12.1 Å². The average molecular weight is 263 g/mol. The molecule has 0 radical (unpaired) electrons. The number of carbonyl (C=O) groups is 1. The van der Waals surface area contributed by atoms with Crippen LogP contribution in [-0.2, 0) is 16.1 Å². The molecule has 0 saturated heterocycles. The van der Waals surface area contributed by atoms with Crippen LogP contribution >= 0.6 is 0 Å². The first-order valence-corrected chi connectivity index (χ1v) is 6.29. The van der Waals surface area contributed by atoms with Gasteiger partial charge in [0.25, 0.3) is 0 Å². The highest BCUT2D eigenvalue weighted by atomic mass is 16.5. The molecule has 1 aromatic carbocycles. The number of methoxy groups -OCH3 is 1. The highest BCUT2D eigenvalue weighted by molar-refractivity contribution is 5.88. The second kappa shape index (κ2) is 7.46. The summed E-state index contributed by atoms with van der Waals surface area (Å²) in [6, 6.07) is 7.79. The highest BCUT2D eigenvalue weighted by Gasteiger charge is 2.08. The Labute approximate surface area is 114 Å². The highest BCUT2D eigenvalue weighted by Crippen LogP contribution is 2.12. The number of esters is 1. The van der Waals surface area contributed by atoms with Gasteiger partial charge in [-0.05, 0) is 38.5 Å². The van der Waals surface area contributed by atoms with E-state index in [4.69, 9.17) is 9.47 Å². The number of allylic oxidation sites excluding steroid dienone is 1. The molecule has 0 amide bonds. The summed E-state index contributed by atoms with van der Waals surface area (Å²) >= 11 is 0. The van der Waals surface area contributed by atoms with Crippen LogP contribution in [0.5, 0.6) is 5.75 Å². The van der Waals surface area contributed by atoms with Gasteiger partial charge in [-0.15, -0.1) is 0 Å². The maximum atomic E-state index is 11.5. The van der Waals surface area contributed by atoms with E-state index < -0.39 is 0 Å². The minimum Gasteiger partial charge on any atom is -0.497 e. The largest absolute Gasteiger partial charge is 0.497 e. The van der Waals surface area contributed by atoms with Crippen molar-refractivity contribution in [1.29, 1.82) is 0 Å². The molecule has 104 valence electrons. The topological polar surface area (TPSA) is 47.6 Å². The van der Waals surface area contributed by atoms with Crippen molar-refractivity contribution < 1.29 is 14.3 Å². The summed E-state index contributed by atoms with van der Waals surface area (Å²) < 4.78 is 10.1. The van der Waals surface area contributed by atoms with Crippen LogP contribution in [0.3, 0.4) is 0 Å². The number of ether oxygens (including phenoxy) is 2. The number of hydrogen-bond acceptors (Lipinski definition) is 4. The van der Waals surface area contributed by atoms with Crippen LogP contribution in [0, 0.1) is 0 Å². The Morgan fingerprint density at radius 3 is 2.37 bits per heavy atom. The molecule has 0 aliphatic heterocycles. The smallest absolute Gasteiger partial charge is 0.335 e. The van der Waals surface area contributed by atoms with Gasteiger partial charge in [-0.3, -0.25) is 0 Å². The summed E-state index contributed by atoms with van der Waals surface area (Å²) in [6.07, 6.45) is 0. The zero-order valence-corrected chi connectivity index (χ0v) is 11.9. The Morgan fingerprint density at radius 1 is 1.21 bits per heavy atom. The van der Waals surface area contributed by atoms with E-state index in [0.29, 0.717) is 18.7 Å². The minimum atomic E-state index is -0.276. The SMILES string of the molecule is CCOC(=O)/C(C)=C(\C)NCc1ccc(OC)cc1. The third kappa shape index (κ3) is 4.66. The van der Waals surface area contributed by atoms with Crippen LogP contribution in [0.1, 0.15) is 26.3 Å². The fourth-order valence-corrected chi connectivity index (χ4v) is 1.50. The molecular weight excluding hydrogens is 242 g/mol. The second-order valence-electron chi connectivity index (χ2n) is 4.17. The molecule has 4 heteroatoms. The Hall–Kier alpha value is -1.97. The van der Waals surface area contributed by atoms with E-state index in [2.05, 4.69) is 5.32 Å². The lowest BCUT2D eigenvalue weighted by Crippen LogP contribution is -2.16. The zero-order chi connectivity index (χ0) is 14.3. The minimum absolute atomic E-state index is 0.276. The molecule has 19 heavy (non-hydrogen) atoms. The average Bonchev–Trinajstić information content (AvgIpc) is 2.44. The van der Waals surface area contributed by atoms with E-state index in [-0.39, 0.29) is 5.97 Å². The molecule has 1 aromatic rings. The molecule has 0 fully saturated rings.